The second-order valence-corrected chi connectivity index (χ2v) is 4.66. The first-order valence-electron chi connectivity index (χ1n) is 5.53. The zero-order valence-corrected chi connectivity index (χ0v) is 10.7. The first-order valence-corrected chi connectivity index (χ1v) is 6.48. The summed E-state index contributed by atoms with van der Waals surface area (Å²) in [7, 11) is 0. The number of aryl methyl sites for hydroxylation is 1. The summed E-state index contributed by atoms with van der Waals surface area (Å²) in [6, 6.07) is 2.50. The van der Waals surface area contributed by atoms with Crippen LogP contribution in [0.15, 0.2) is 23.0 Å². The Morgan fingerprint density at radius 3 is 3.00 bits per heavy atom. The number of aromatic nitrogens is 2. The molecule has 2 aromatic heterocycles. The Bertz CT molecular complexity index is 445. The molecular formula is C12H17N3S. The van der Waals surface area contributed by atoms with Crippen LogP contribution < -0.4 is 5.32 Å². The second-order valence-electron chi connectivity index (χ2n) is 3.88. The molecule has 0 aliphatic carbocycles. The lowest BCUT2D eigenvalue weighted by atomic mass is 10.2. The van der Waals surface area contributed by atoms with Gasteiger partial charge in [0.1, 0.15) is 0 Å². The van der Waals surface area contributed by atoms with Crippen LogP contribution in [0.4, 0.5) is 5.95 Å². The van der Waals surface area contributed by atoms with Gasteiger partial charge in [-0.25, -0.2) is 4.98 Å². The topological polar surface area (TPSA) is 29.9 Å². The van der Waals surface area contributed by atoms with Crippen molar-refractivity contribution in [1.82, 2.24) is 9.55 Å². The van der Waals surface area contributed by atoms with Gasteiger partial charge < -0.3 is 9.88 Å². The molecule has 1 atom stereocenters. The third-order valence-electron chi connectivity index (χ3n) is 2.63. The van der Waals surface area contributed by atoms with Crippen molar-refractivity contribution < 1.29 is 0 Å². The quantitative estimate of drug-likeness (QED) is 0.881. The van der Waals surface area contributed by atoms with Crippen LogP contribution in [-0.4, -0.2) is 16.1 Å². The molecule has 0 aliphatic heterocycles. The van der Waals surface area contributed by atoms with E-state index in [1.165, 1.54) is 5.56 Å². The highest BCUT2D eigenvalue weighted by Gasteiger charge is 2.13. The summed E-state index contributed by atoms with van der Waals surface area (Å²) in [5.74, 6) is 0.957. The van der Waals surface area contributed by atoms with Gasteiger partial charge in [-0.15, -0.1) is 0 Å². The molecule has 3 nitrogen and oxygen atoms in total. The molecule has 0 aliphatic rings. The van der Waals surface area contributed by atoms with Crippen LogP contribution in [-0.2, 0) is 0 Å². The molecule has 0 spiro atoms. The lowest BCUT2D eigenvalue weighted by Gasteiger charge is -2.15. The van der Waals surface area contributed by atoms with Crippen molar-refractivity contribution in [1.29, 1.82) is 0 Å². The molecule has 0 saturated carbocycles. The lowest BCUT2D eigenvalue weighted by molar-refractivity contribution is 0.646. The number of thiophene rings is 1. The van der Waals surface area contributed by atoms with E-state index < -0.39 is 0 Å². The maximum atomic E-state index is 4.49. The van der Waals surface area contributed by atoms with Gasteiger partial charge >= 0.3 is 0 Å². The van der Waals surface area contributed by atoms with Gasteiger partial charge in [0, 0.05) is 12.7 Å². The van der Waals surface area contributed by atoms with E-state index in [2.05, 4.69) is 51.7 Å². The highest BCUT2D eigenvalue weighted by molar-refractivity contribution is 7.07. The Kier molecular flexibility index (Phi) is 3.29. The van der Waals surface area contributed by atoms with Crippen molar-refractivity contribution >= 4 is 17.3 Å². The van der Waals surface area contributed by atoms with E-state index in [0.29, 0.717) is 6.04 Å². The molecule has 2 heterocycles. The van der Waals surface area contributed by atoms with Gasteiger partial charge in [-0.05, 0) is 43.2 Å². The zero-order valence-electron chi connectivity index (χ0n) is 9.90. The summed E-state index contributed by atoms with van der Waals surface area (Å²) in [4.78, 5) is 4.49. The normalized spacial score (nSPS) is 12.7. The SMILES string of the molecule is CCNc1nc(C)cn1C(C)c1ccsc1. The van der Waals surface area contributed by atoms with Crippen molar-refractivity contribution in [2.24, 2.45) is 0 Å². The number of hydrogen-bond acceptors (Lipinski definition) is 3. The van der Waals surface area contributed by atoms with Crippen LogP contribution in [0.2, 0.25) is 0 Å². The maximum Gasteiger partial charge on any atom is 0.203 e. The van der Waals surface area contributed by atoms with Crippen LogP contribution in [0.3, 0.4) is 0 Å². The van der Waals surface area contributed by atoms with Gasteiger partial charge in [-0.2, -0.15) is 11.3 Å². The molecule has 0 saturated heterocycles. The summed E-state index contributed by atoms with van der Waals surface area (Å²) in [6.45, 7) is 7.21. The minimum absolute atomic E-state index is 0.335. The molecule has 0 fully saturated rings. The average molecular weight is 235 g/mol. The first kappa shape index (κ1) is 11.2. The Labute approximate surface area is 100 Å². The van der Waals surface area contributed by atoms with Gasteiger partial charge in [0.05, 0.1) is 11.7 Å². The summed E-state index contributed by atoms with van der Waals surface area (Å²) >= 11 is 1.73. The van der Waals surface area contributed by atoms with E-state index in [9.17, 15) is 0 Å². The molecule has 1 N–H and O–H groups in total. The number of nitrogens with one attached hydrogen (secondary N) is 1. The van der Waals surface area contributed by atoms with Gasteiger partial charge in [-0.3, -0.25) is 0 Å². The largest absolute Gasteiger partial charge is 0.356 e. The second kappa shape index (κ2) is 4.70. The molecule has 0 bridgehead atoms. The third-order valence-corrected chi connectivity index (χ3v) is 3.33. The molecule has 0 radical (unpaired) electrons. The smallest absolute Gasteiger partial charge is 0.203 e. The van der Waals surface area contributed by atoms with Crippen molar-refractivity contribution in [2.45, 2.75) is 26.8 Å². The number of imidazole rings is 1. The van der Waals surface area contributed by atoms with Gasteiger partial charge in [-0.1, -0.05) is 0 Å². The van der Waals surface area contributed by atoms with Crippen LogP contribution >= 0.6 is 11.3 Å². The fourth-order valence-electron chi connectivity index (χ4n) is 1.77. The molecular weight excluding hydrogens is 218 g/mol. The molecule has 86 valence electrons. The van der Waals surface area contributed by atoms with Crippen molar-refractivity contribution in [2.75, 3.05) is 11.9 Å². The van der Waals surface area contributed by atoms with Gasteiger partial charge in [0.2, 0.25) is 5.95 Å². The van der Waals surface area contributed by atoms with E-state index in [0.717, 1.165) is 18.2 Å². The fraction of sp³-hybridized carbons (Fsp3) is 0.417. The Hall–Kier alpha value is -1.29. The summed E-state index contributed by atoms with van der Waals surface area (Å²) in [6.07, 6.45) is 2.10. The maximum absolute atomic E-state index is 4.49. The summed E-state index contributed by atoms with van der Waals surface area (Å²) in [5, 5.41) is 7.60. The van der Waals surface area contributed by atoms with Crippen molar-refractivity contribution in [3.05, 3.63) is 34.3 Å². The van der Waals surface area contributed by atoms with E-state index >= 15 is 0 Å². The van der Waals surface area contributed by atoms with Crippen molar-refractivity contribution in [3.63, 3.8) is 0 Å². The van der Waals surface area contributed by atoms with Crippen molar-refractivity contribution in [3.8, 4) is 0 Å². The number of rotatable bonds is 4. The fourth-order valence-corrected chi connectivity index (χ4v) is 2.52. The van der Waals surface area contributed by atoms with Gasteiger partial charge in [0.25, 0.3) is 0 Å². The van der Waals surface area contributed by atoms with Gasteiger partial charge in [0.15, 0.2) is 0 Å². The standard InChI is InChI=1S/C12H17N3S/c1-4-13-12-14-9(2)7-15(12)10(3)11-5-6-16-8-11/h5-8,10H,4H2,1-3H3,(H,13,14). The average Bonchev–Trinajstić information content (AvgIpc) is 2.87. The molecule has 16 heavy (non-hydrogen) atoms. The number of hydrogen-bond donors (Lipinski definition) is 1. The summed E-state index contributed by atoms with van der Waals surface area (Å²) < 4.78 is 2.20. The number of nitrogens with zero attached hydrogens (tertiary/aromatic N) is 2. The monoisotopic (exact) mass is 235 g/mol. The highest BCUT2D eigenvalue weighted by atomic mass is 32.1. The zero-order chi connectivity index (χ0) is 11.5. The predicted octanol–water partition coefficient (Wildman–Crippen LogP) is 3.29. The van der Waals surface area contributed by atoms with E-state index in [4.69, 9.17) is 0 Å². The lowest BCUT2D eigenvalue weighted by Crippen LogP contribution is -2.10. The number of anilines is 1. The minimum atomic E-state index is 0.335. The van der Waals surface area contributed by atoms with E-state index in [1.54, 1.807) is 11.3 Å². The highest BCUT2D eigenvalue weighted by Crippen LogP contribution is 2.24. The van der Waals surface area contributed by atoms with Crippen LogP contribution in [0.5, 0.6) is 0 Å². The van der Waals surface area contributed by atoms with E-state index in [-0.39, 0.29) is 0 Å². The first-order chi connectivity index (χ1) is 7.72. The molecule has 2 rings (SSSR count). The van der Waals surface area contributed by atoms with E-state index in [1.807, 2.05) is 6.92 Å². The van der Waals surface area contributed by atoms with Crippen LogP contribution in [0.1, 0.15) is 31.1 Å². The van der Waals surface area contributed by atoms with Crippen LogP contribution in [0.25, 0.3) is 0 Å². The summed E-state index contributed by atoms with van der Waals surface area (Å²) in [5.41, 5.74) is 2.39. The van der Waals surface area contributed by atoms with Crippen LogP contribution in [0, 0.1) is 6.92 Å². The molecule has 1 unspecified atom stereocenters. The molecule has 0 aromatic carbocycles. The Morgan fingerprint density at radius 1 is 1.56 bits per heavy atom. The molecule has 0 amide bonds. The Balaban J connectivity index is 2.32. The molecule has 2 aromatic rings. The third kappa shape index (κ3) is 2.11. The minimum Gasteiger partial charge on any atom is -0.356 e. The predicted molar refractivity (Wildman–Crippen MR) is 69.3 cm³/mol. The Morgan fingerprint density at radius 2 is 2.38 bits per heavy atom. The molecule has 4 heteroatoms.